The molecule has 11 nitrogen and oxygen atoms in total. The van der Waals surface area contributed by atoms with Gasteiger partial charge in [0.1, 0.15) is 12.4 Å². The van der Waals surface area contributed by atoms with E-state index in [4.69, 9.17) is 11.5 Å². The Bertz CT molecular complexity index is 1170. The molecule has 3 amide bonds. The Morgan fingerprint density at radius 2 is 1.89 bits per heavy atom. The number of anilines is 1. The molecule has 0 saturated carbocycles. The van der Waals surface area contributed by atoms with Crippen molar-refractivity contribution >= 4 is 17.8 Å². The Morgan fingerprint density at radius 1 is 1.16 bits per heavy atom. The van der Waals surface area contributed by atoms with Crippen molar-refractivity contribution in [3.63, 3.8) is 0 Å². The third kappa shape index (κ3) is 6.94. The summed E-state index contributed by atoms with van der Waals surface area (Å²) in [6.45, 7) is 9.83. The molecule has 200 valence electrons. The average Bonchev–Trinajstić information content (AvgIpc) is 3.29. The number of nitrogens with two attached hydrogens (primary N) is 2. The molecule has 0 bridgehead atoms. The molecule has 0 spiro atoms. The van der Waals surface area contributed by atoms with E-state index in [-0.39, 0.29) is 24.3 Å². The fraction of sp³-hybridized carbons (Fsp3) is 0.538. The highest BCUT2D eigenvalue weighted by molar-refractivity contribution is 5.92. The number of benzene rings is 1. The van der Waals surface area contributed by atoms with E-state index in [0.717, 1.165) is 26.1 Å². The highest BCUT2D eigenvalue weighted by Gasteiger charge is 2.30. The molecule has 2 atom stereocenters. The average molecular weight is 511 g/mol. The molecule has 2 saturated heterocycles. The summed E-state index contributed by atoms with van der Waals surface area (Å²) in [5, 5.41) is 2.63. The predicted octanol–water partition coefficient (Wildman–Crippen LogP) is 0.815. The molecule has 2 fully saturated rings. The van der Waals surface area contributed by atoms with Gasteiger partial charge in [-0.15, -0.1) is 0 Å². The second-order valence-electron chi connectivity index (χ2n) is 10.9. The molecule has 2 aliphatic heterocycles. The van der Waals surface area contributed by atoms with Crippen LogP contribution in [0.15, 0.2) is 41.3 Å². The Balaban J connectivity index is 1.33. The van der Waals surface area contributed by atoms with E-state index in [1.807, 2.05) is 38.1 Å². The van der Waals surface area contributed by atoms with Crippen molar-refractivity contribution in [3.8, 4) is 5.69 Å². The first-order chi connectivity index (χ1) is 17.5. The summed E-state index contributed by atoms with van der Waals surface area (Å²) in [5.41, 5.74) is 12.9. The topological polar surface area (TPSA) is 143 Å². The van der Waals surface area contributed by atoms with Gasteiger partial charge in [-0.3, -0.25) is 19.6 Å². The molecule has 3 heterocycles. The lowest BCUT2D eigenvalue weighted by atomic mass is 10.0. The Morgan fingerprint density at radius 3 is 2.49 bits per heavy atom. The van der Waals surface area contributed by atoms with Gasteiger partial charge in [0.25, 0.3) is 0 Å². The number of nitrogens with one attached hydrogen (secondary N) is 1. The van der Waals surface area contributed by atoms with Gasteiger partial charge in [0.05, 0.1) is 5.69 Å². The molecule has 37 heavy (non-hydrogen) atoms. The molecule has 0 aliphatic carbocycles. The number of urea groups is 1. The lowest BCUT2D eigenvalue weighted by Gasteiger charge is -2.37. The number of likely N-dealkylation sites (tertiary alicyclic amines) is 1. The van der Waals surface area contributed by atoms with Crippen molar-refractivity contribution < 1.29 is 9.59 Å². The van der Waals surface area contributed by atoms with Crippen LogP contribution in [0.3, 0.4) is 0 Å². The largest absolute Gasteiger partial charge is 0.354 e. The highest BCUT2D eigenvalue weighted by Crippen LogP contribution is 2.21. The second kappa shape index (κ2) is 11.0. The predicted molar refractivity (Wildman–Crippen MR) is 142 cm³/mol. The minimum atomic E-state index is -0.505. The van der Waals surface area contributed by atoms with Crippen molar-refractivity contribution in [2.75, 3.05) is 44.6 Å². The van der Waals surface area contributed by atoms with E-state index in [9.17, 15) is 14.4 Å². The van der Waals surface area contributed by atoms with Crippen LogP contribution < -0.4 is 22.5 Å². The molecule has 5 N–H and O–H groups in total. The van der Waals surface area contributed by atoms with Gasteiger partial charge in [-0.1, -0.05) is 12.1 Å². The number of nitrogens with zero attached hydrogens (tertiary/aromatic N) is 5. The Hall–Kier alpha value is -3.28. The van der Waals surface area contributed by atoms with Crippen molar-refractivity contribution in [3.05, 3.63) is 52.6 Å². The van der Waals surface area contributed by atoms with Crippen LogP contribution in [0.25, 0.3) is 5.69 Å². The van der Waals surface area contributed by atoms with Crippen LogP contribution >= 0.6 is 0 Å². The molecule has 0 radical (unpaired) electrons. The summed E-state index contributed by atoms with van der Waals surface area (Å²) >= 11 is 0. The fourth-order valence-electron chi connectivity index (χ4n) is 4.85. The molecule has 4 rings (SSSR count). The van der Waals surface area contributed by atoms with Gasteiger partial charge < -0.3 is 21.3 Å². The quantitative estimate of drug-likeness (QED) is 0.500. The molecule has 1 aromatic heterocycles. The van der Waals surface area contributed by atoms with E-state index < -0.39 is 17.3 Å². The number of piperazine rings is 1. The molecule has 2 aliphatic rings. The van der Waals surface area contributed by atoms with Crippen LogP contribution in [-0.2, 0) is 11.3 Å². The third-order valence-corrected chi connectivity index (χ3v) is 6.92. The van der Waals surface area contributed by atoms with Crippen LogP contribution in [0.5, 0.6) is 0 Å². The standard InChI is InChI=1S/C26H38N8O3/c1-18(27)20-8-10-31(15-20)14-19-4-6-21(7-5-19)34-11-9-22(30-25(34)37)29-24(36)32-12-13-33(23(35)16-32)17-26(2,3)28/h4-7,9,11,18,20H,8,10,12-17,27-28H2,1-3H3,(H,29,30,36,37)/t18-,20?/m0/s1. The normalized spacial score (nSPS) is 19.8. The van der Waals surface area contributed by atoms with Crippen LogP contribution in [0.2, 0.25) is 0 Å². The van der Waals surface area contributed by atoms with E-state index >= 15 is 0 Å². The maximum Gasteiger partial charge on any atom is 0.354 e. The van der Waals surface area contributed by atoms with E-state index in [2.05, 4.69) is 22.1 Å². The third-order valence-electron chi connectivity index (χ3n) is 6.92. The van der Waals surface area contributed by atoms with E-state index in [0.29, 0.717) is 31.2 Å². The zero-order valence-corrected chi connectivity index (χ0v) is 21.9. The van der Waals surface area contributed by atoms with Gasteiger partial charge in [-0.25, -0.2) is 9.59 Å². The number of rotatable bonds is 7. The number of carbonyl (C=O) groups is 2. The molecule has 11 heteroatoms. The first kappa shape index (κ1) is 26.8. The van der Waals surface area contributed by atoms with Gasteiger partial charge in [-0.2, -0.15) is 4.98 Å². The van der Waals surface area contributed by atoms with E-state index in [1.165, 1.54) is 15.0 Å². The lowest BCUT2D eigenvalue weighted by molar-refractivity contribution is -0.135. The van der Waals surface area contributed by atoms with Gasteiger partial charge >= 0.3 is 11.7 Å². The molecule has 2 aromatic rings. The first-order valence-corrected chi connectivity index (χ1v) is 12.8. The molecular weight excluding hydrogens is 472 g/mol. The van der Waals surface area contributed by atoms with Crippen molar-refractivity contribution in [2.24, 2.45) is 17.4 Å². The van der Waals surface area contributed by atoms with Crippen LogP contribution in [0.4, 0.5) is 10.6 Å². The van der Waals surface area contributed by atoms with Crippen molar-refractivity contribution in [1.29, 1.82) is 0 Å². The molecule has 1 unspecified atom stereocenters. The molecular formula is C26H38N8O3. The minimum Gasteiger partial charge on any atom is -0.338 e. The summed E-state index contributed by atoms with van der Waals surface area (Å²) in [6, 6.07) is 9.12. The SMILES string of the molecule is C[C@H](N)C1CCN(Cc2ccc(-n3ccc(NC(=O)N4CCN(CC(C)(C)N)C(=O)C4)nc3=O)cc2)C1. The van der Waals surface area contributed by atoms with E-state index in [1.54, 1.807) is 17.2 Å². The summed E-state index contributed by atoms with van der Waals surface area (Å²) in [6.07, 6.45) is 2.71. The lowest BCUT2D eigenvalue weighted by Crippen LogP contribution is -2.57. The maximum absolute atomic E-state index is 12.7. The van der Waals surface area contributed by atoms with Gasteiger partial charge in [0, 0.05) is 50.5 Å². The Labute approximate surface area is 217 Å². The summed E-state index contributed by atoms with van der Waals surface area (Å²) in [7, 11) is 0. The maximum atomic E-state index is 12.7. The van der Waals surface area contributed by atoms with Crippen molar-refractivity contribution in [1.82, 2.24) is 24.3 Å². The van der Waals surface area contributed by atoms with Gasteiger partial charge in [0.2, 0.25) is 5.91 Å². The van der Waals surface area contributed by atoms with Crippen LogP contribution in [-0.4, -0.2) is 87.0 Å². The summed E-state index contributed by atoms with van der Waals surface area (Å²) < 4.78 is 1.43. The van der Waals surface area contributed by atoms with Gasteiger partial charge in [0.15, 0.2) is 0 Å². The minimum absolute atomic E-state index is 0.0470. The van der Waals surface area contributed by atoms with Crippen molar-refractivity contribution in [2.45, 2.75) is 45.3 Å². The van der Waals surface area contributed by atoms with Crippen LogP contribution in [0, 0.1) is 5.92 Å². The Kier molecular flexibility index (Phi) is 7.96. The van der Waals surface area contributed by atoms with Gasteiger partial charge in [-0.05, 0) is 63.4 Å². The second-order valence-corrected chi connectivity index (χ2v) is 10.9. The first-order valence-electron chi connectivity index (χ1n) is 12.8. The summed E-state index contributed by atoms with van der Waals surface area (Å²) in [5.74, 6) is 0.514. The number of aromatic nitrogens is 2. The zero-order valence-electron chi connectivity index (χ0n) is 21.9. The number of hydrogen-bond acceptors (Lipinski definition) is 7. The smallest absolute Gasteiger partial charge is 0.338 e. The number of carbonyl (C=O) groups excluding carboxylic acids is 2. The van der Waals surface area contributed by atoms with Crippen LogP contribution in [0.1, 0.15) is 32.8 Å². The monoisotopic (exact) mass is 510 g/mol. The fourth-order valence-corrected chi connectivity index (χ4v) is 4.85. The summed E-state index contributed by atoms with van der Waals surface area (Å²) in [4.78, 5) is 47.3. The highest BCUT2D eigenvalue weighted by atomic mass is 16.2. The number of amides is 3. The molecule has 1 aromatic carbocycles. The zero-order chi connectivity index (χ0) is 26.7. The number of hydrogen-bond donors (Lipinski definition) is 3.